The molecule has 1 atom stereocenters. The highest BCUT2D eigenvalue weighted by atomic mass is 32.2. The molecule has 0 saturated carbocycles. The summed E-state index contributed by atoms with van der Waals surface area (Å²) < 4.78 is 4.50. The Morgan fingerprint density at radius 2 is 2.00 bits per heavy atom. The van der Waals surface area contributed by atoms with Crippen LogP contribution in [0.25, 0.3) is 0 Å². The highest BCUT2D eigenvalue weighted by Gasteiger charge is 2.18. The van der Waals surface area contributed by atoms with Crippen molar-refractivity contribution in [3.05, 3.63) is 0 Å². The molecule has 4 N–H and O–H groups in total. The van der Waals surface area contributed by atoms with E-state index in [1.165, 1.54) is 0 Å². The van der Waals surface area contributed by atoms with Crippen LogP contribution in [0.3, 0.4) is 0 Å². The van der Waals surface area contributed by atoms with Crippen LogP contribution in [0, 0.1) is 0 Å². The molecule has 108 valence electrons. The second-order valence-electron chi connectivity index (χ2n) is 3.38. The van der Waals surface area contributed by atoms with Crippen LogP contribution in [-0.4, -0.2) is 59.4 Å². The lowest BCUT2D eigenvalue weighted by Crippen LogP contribution is -2.44. The topological polar surface area (TPSA) is 136 Å². The van der Waals surface area contributed by atoms with Gasteiger partial charge in [-0.3, -0.25) is 14.4 Å². The van der Waals surface area contributed by atoms with Gasteiger partial charge in [0.15, 0.2) is 0 Å². The van der Waals surface area contributed by atoms with Crippen LogP contribution in [0.5, 0.6) is 0 Å². The Balaban J connectivity index is 3.87. The lowest BCUT2D eigenvalue weighted by Gasteiger charge is -2.10. The third-order valence-electron chi connectivity index (χ3n) is 1.78. The van der Waals surface area contributed by atoms with Gasteiger partial charge in [0.1, 0.15) is 6.54 Å². The van der Waals surface area contributed by atoms with E-state index in [4.69, 9.17) is 10.8 Å². The summed E-state index contributed by atoms with van der Waals surface area (Å²) in [5.74, 6) is -3.47. The highest BCUT2D eigenvalue weighted by molar-refractivity contribution is 8.00. The normalized spacial score (nSPS) is 11.5. The van der Waals surface area contributed by atoms with Crippen molar-refractivity contribution >= 4 is 35.4 Å². The number of thioether (sulfide) groups is 1. The fourth-order valence-corrected chi connectivity index (χ4v) is 1.75. The summed E-state index contributed by atoms with van der Waals surface area (Å²) in [6, 6.07) is -0.945. The minimum absolute atomic E-state index is 0.0938. The first-order valence-corrected chi connectivity index (χ1v) is 6.56. The maximum Gasteiger partial charge on any atom is 0.375 e. The summed E-state index contributed by atoms with van der Waals surface area (Å²) in [6.45, 7) is 1.19. The van der Waals surface area contributed by atoms with E-state index in [1.54, 1.807) is 6.92 Å². The predicted molar refractivity (Wildman–Crippen MR) is 67.6 cm³/mol. The first-order valence-electron chi connectivity index (χ1n) is 5.41. The van der Waals surface area contributed by atoms with Crippen molar-refractivity contribution in [2.45, 2.75) is 13.0 Å². The van der Waals surface area contributed by atoms with Crippen LogP contribution >= 0.6 is 11.8 Å². The van der Waals surface area contributed by atoms with Crippen LogP contribution in [0.1, 0.15) is 6.92 Å². The summed E-state index contributed by atoms with van der Waals surface area (Å²) in [5, 5.41) is 10.5. The molecule has 9 heteroatoms. The molecule has 0 rings (SSSR count). The molecule has 0 bridgehead atoms. The van der Waals surface area contributed by atoms with Crippen molar-refractivity contribution in [3.63, 3.8) is 0 Å². The van der Waals surface area contributed by atoms with E-state index in [0.717, 1.165) is 11.8 Å². The number of carboxylic acid groups (broad SMARTS) is 1. The van der Waals surface area contributed by atoms with Gasteiger partial charge in [0, 0.05) is 5.75 Å². The molecule has 0 aliphatic heterocycles. The lowest BCUT2D eigenvalue weighted by molar-refractivity contribution is -0.152. The number of aliphatic carboxylic acids is 1. The van der Waals surface area contributed by atoms with Crippen LogP contribution < -0.4 is 11.1 Å². The van der Waals surface area contributed by atoms with E-state index < -0.39 is 36.2 Å². The summed E-state index contributed by atoms with van der Waals surface area (Å²) >= 11 is 1.00. The predicted octanol–water partition coefficient (Wildman–Crippen LogP) is -1.62. The quantitative estimate of drug-likeness (QED) is 0.341. The Morgan fingerprint density at radius 1 is 1.37 bits per heavy atom. The van der Waals surface area contributed by atoms with Crippen LogP contribution in [-0.2, 0) is 23.9 Å². The molecule has 0 aromatic carbocycles. The van der Waals surface area contributed by atoms with Gasteiger partial charge in [0.2, 0.25) is 11.7 Å². The second kappa shape index (κ2) is 9.34. The molecular weight excluding hydrogens is 276 g/mol. The zero-order chi connectivity index (χ0) is 14.8. The van der Waals surface area contributed by atoms with Crippen molar-refractivity contribution in [1.29, 1.82) is 0 Å². The third-order valence-corrected chi connectivity index (χ3v) is 2.85. The molecular formula is C10H16N2O6S. The SMILES string of the molecule is CCOC(=O)C(=O)CSCC(N)C(=O)NCC(=O)O. The minimum atomic E-state index is -1.18. The van der Waals surface area contributed by atoms with Gasteiger partial charge >= 0.3 is 11.9 Å². The summed E-state index contributed by atoms with van der Waals surface area (Å²) in [5.41, 5.74) is 5.47. The number of ketones is 1. The third kappa shape index (κ3) is 8.16. The maximum absolute atomic E-state index is 11.3. The molecule has 0 spiro atoms. The second-order valence-corrected chi connectivity index (χ2v) is 4.41. The zero-order valence-electron chi connectivity index (χ0n) is 10.4. The number of carbonyl (C=O) groups is 4. The molecule has 0 radical (unpaired) electrons. The molecule has 0 aromatic rings. The number of nitrogens with one attached hydrogen (secondary N) is 1. The molecule has 1 unspecified atom stereocenters. The Labute approximate surface area is 114 Å². The number of nitrogens with two attached hydrogens (primary N) is 1. The van der Waals surface area contributed by atoms with E-state index in [0.29, 0.717) is 0 Å². The lowest BCUT2D eigenvalue weighted by atomic mass is 10.3. The fourth-order valence-electron chi connectivity index (χ4n) is 0.919. The van der Waals surface area contributed by atoms with E-state index in [1.807, 2.05) is 0 Å². The number of amides is 1. The smallest absolute Gasteiger partial charge is 0.375 e. The summed E-state index contributed by atoms with van der Waals surface area (Å²) in [4.78, 5) is 43.6. The Morgan fingerprint density at radius 3 is 2.53 bits per heavy atom. The summed E-state index contributed by atoms with van der Waals surface area (Å²) in [7, 11) is 0. The molecule has 0 aliphatic carbocycles. The van der Waals surface area contributed by atoms with Crippen molar-refractivity contribution in [1.82, 2.24) is 5.32 Å². The fraction of sp³-hybridized carbons (Fsp3) is 0.600. The zero-order valence-corrected chi connectivity index (χ0v) is 11.2. The number of rotatable bonds is 9. The number of Topliss-reactive ketones (excluding diaryl/α,β-unsaturated/α-hetero) is 1. The number of carbonyl (C=O) groups excluding carboxylic acids is 3. The van der Waals surface area contributed by atoms with Gasteiger partial charge < -0.3 is 20.9 Å². The molecule has 1 amide bonds. The van der Waals surface area contributed by atoms with Crippen LogP contribution in [0.4, 0.5) is 0 Å². The average Bonchev–Trinajstić information content (AvgIpc) is 2.35. The Hall–Kier alpha value is -1.61. The van der Waals surface area contributed by atoms with Gasteiger partial charge in [-0.15, -0.1) is 0 Å². The maximum atomic E-state index is 11.3. The van der Waals surface area contributed by atoms with Crippen molar-refractivity contribution < 1.29 is 29.0 Å². The largest absolute Gasteiger partial charge is 0.480 e. The van der Waals surface area contributed by atoms with Crippen LogP contribution in [0.15, 0.2) is 0 Å². The van der Waals surface area contributed by atoms with Gasteiger partial charge in [-0.1, -0.05) is 0 Å². The molecule has 0 saturated heterocycles. The highest BCUT2D eigenvalue weighted by Crippen LogP contribution is 2.03. The number of carboxylic acids is 1. The van der Waals surface area contributed by atoms with Crippen molar-refractivity contribution in [2.75, 3.05) is 24.7 Å². The van der Waals surface area contributed by atoms with E-state index in [-0.39, 0.29) is 18.1 Å². The molecule has 0 heterocycles. The monoisotopic (exact) mass is 292 g/mol. The number of hydrogen-bond donors (Lipinski definition) is 3. The van der Waals surface area contributed by atoms with Gasteiger partial charge in [-0.25, -0.2) is 4.79 Å². The molecule has 0 aromatic heterocycles. The van der Waals surface area contributed by atoms with E-state index in [9.17, 15) is 19.2 Å². The van der Waals surface area contributed by atoms with Gasteiger partial charge in [0.25, 0.3) is 0 Å². The number of hydrogen-bond acceptors (Lipinski definition) is 7. The number of ether oxygens (including phenoxy) is 1. The first kappa shape index (κ1) is 17.4. The molecule has 0 aliphatic rings. The van der Waals surface area contributed by atoms with Gasteiger partial charge in [-0.05, 0) is 6.92 Å². The average molecular weight is 292 g/mol. The number of esters is 1. The first-order chi connectivity index (χ1) is 8.88. The van der Waals surface area contributed by atoms with Crippen LogP contribution in [0.2, 0.25) is 0 Å². The Kier molecular flexibility index (Phi) is 8.55. The van der Waals surface area contributed by atoms with Gasteiger partial charge in [-0.2, -0.15) is 11.8 Å². The van der Waals surface area contributed by atoms with Crippen molar-refractivity contribution in [2.24, 2.45) is 5.73 Å². The molecule has 19 heavy (non-hydrogen) atoms. The summed E-state index contributed by atoms with van der Waals surface area (Å²) in [6.07, 6.45) is 0. The van der Waals surface area contributed by atoms with E-state index >= 15 is 0 Å². The van der Waals surface area contributed by atoms with Gasteiger partial charge in [0.05, 0.1) is 18.4 Å². The molecule has 8 nitrogen and oxygen atoms in total. The standard InChI is InChI=1S/C10H16N2O6S/c1-2-18-10(17)7(13)5-19-4-6(11)9(16)12-3-8(14)15/h6H,2-5,11H2,1H3,(H,12,16)(H,14,15). The minimum Gasteiger partial charge on any atom is -0.480 e. The molecule has 0 fully saturated rings. The van der Waals surface area contributed by atoms with E-state index in [2.05, 4.69) is 10.1 Å². The Bertz CT molecular complexity index is 360. The van der Waals surface area contributed by atoms with Crippen molar-refractivity contribution in [3.8, 4) is 0 Å².